The van der Waals surface area contributed by atoms with Crippen LogP contribution in [0.5, 0.6) is 0 Å². The molecule has 8 aromatic carbocycles. The Morgan fingerprint density at radius 2 is 0.915 bits per heavy atom. The van der Waals surface area contributed by atoms with Gasteiger partial charge in [0, 0.05) is 38.3 Å². The monoisotopic (exact) mass is 605 g/mol. The molecule has 224 valence electrons. The number of nitrogens with zero attached hydrogens (tertiary/aromatic N) is 1. The quantitative estimate of drug-likeness (QED) is 0.188. The van der Waals surface area contributed by atoms with Gasteiger partial charge in [-0.05, 0) is 92.5 Å². The molecule has 0 N–H and O–H groups in total. The molecule has 0 amide bonds. The number of hydrogen-bond acceptors (Lipinski definition) is 3. The fourth-order valence-electron chi connectivity index (χ4n) is 7.77. The maximum Gasteiger partial charge on any atom is 0.135 e. The largest absolute Gasteiger partial charge is 0.456 e. The summed E-state index contributed by atoms with van der Waals surface area (Å²) in [7, 11) is 0. The maximum absolute atomic E-state index is 6.25. The van der Waals surface area contributed by atoms with E-state index in [1.165, 1.54) is 37.9 Å². The molecule has 10 aromatic rings. The third-order valence-corrected chi connectivity index (χ3v) is 9.93. The van der Waals surface area contributed by atoms with Gasteiger partial charge < -0.3 is 13.7 Å². The van der Waals surface area contributed by atoms with Gasteiger partial charge in [0.05, 0.1) is 5.69 Å². The molecule has 3 nitrogen and oxygen atoms in total. The summed E-state index contributed by atoms with van der Waals surface area (Å²) in [5.41, 5.74) is 8.24. The van der Waals surface area contributed by atoms with Crippen LogP contribution in [-0.2, 0) is 5.41 Å². The van der Waals surface area contributed by atoms with Gasteiger partial charge >= 0.3 is 0 Å². The Morgan fingerprint density at radius 1 is 0.426 bits per heavy atom. The van der Waals surface area contributed by atoms with Crippen LogP contribution < -0.4 is 4.90 Å². The summed E-state index contributed by atoms with van der Waals surface area (Å²) in [6, 6.07) is 48.0. The van der Waals surface area contributed by atoms with Crippen LogP contribution in [0.25, 0.3) is 76.2 Å². The third kappa shape index (κ3) is 3.80. The van der Waals surface area contributed by atoms with Gasteiger partial charge in [0.2, 0.25) is 0 Å². The van der Waals surface area contributed by atoms with Gasteiger partial charge in [-0.1, -0.05) is 99.6 Å². The number of anilines is 3. The molecule has 0 fully saturated rings. The predicted molar refractivity (Wildman–Crippen MR) is 198 cm³/mol. The van der Waals surface area contributed by atoms with Gasteiger partial charge in [-0.15, -0.1) is 0 Å². The summed E-state index contributed by atoms with van der Waals surface area (Å²) in [5.74, 6) is 0. The van der Waals surface area contributed by atoms with Crippen molar-refractivity contribution in [2.75, 3.05) is 4.90 Å². The second-order valence-electron chi connectivity index (χ2n) is 13.8. The van der Waals surface area contributed by atoms with Crippen LogP contribution in [0, 0.1) is 0 Å². The Morgan fingerprint density at radius 3 is 1.51 bits per heavy atom. The van der Waals surface area contributed by atoms with Crippen molar-refractivity contribution in [3.8, 4) is 0 Å². The Labute approximate surface area is 271 Å². The van der Waals surface area contributed by atoms with Gasteiger partial charge in [-0.25, -0.2) is 0 Å². The van der Waals surface area contributed by atoms with Crippen LogP contribution in [0.15, 0.2) is 142 Å². The van der Waals surface area contributed by atoms with Gasteiger partial charge in [0.15, 0.2) is 0 Å². The van der Waals surface area contributed by atoms with Gasteiger partial charge in [-0.3, -0.25) is 0 Å². The SMILES string of the molecule is CC(C)(C)c1ccc2ccc3c(N(c4ccc5oc6ccccc6c5c4)c4ccc5oc6ccccc6c5c4)ccc4ccc1c2c43. The van der Waals surface area contributed by atoms with Crippen LogP contribution in [0.1, 0.15) is 26.3 Å². The van der Waals surface area contributed by atoms with E-state index < -0.39 is 0 Å². The molecular weight excluding hydrogens is 574 g/mol. The molecule has 0 aliphatic carbocycles. The van der Waals surface area contributed by atoms with E-state index in [0.29, 0.717) is 0 Å². The highest BCUT2D eigenvalue weighted by Crippen LogP contribution is 2.47. The van der Waals surface area contributed by atoms with Gasteiger partial charge in [-0.2, -0.15) is 0 Å². The van der Waals surface area contributed by atoms with Crippen molar-refractivity contribution in [3.05, 3.63) is 139 Å². The highest BCUT2D eigenvalue weighted by molar-refractivity contribution is 6.26. The van der Waals surface area contributed by atoms with Crippen molar-refractivity contribution in [1.82, 2.24) is 0 Å². The van der Waals surface area contributed by atoms with E-state index in [2.05, 4.69) is 135 Å². The topological polar surface area (TPSA) is 29.5 Å². The van der Waals surface area contributed by atoms with E-state index in [9.17, 15) is 0 Å². The van der Waals surface area contributed by atoms with Crippen molar-refractivity contribution in [3.63, 3.8) is 0 Å². The first-order valence-corrected chi connectivity index (χ1v) is 16.3. The van der Waals surface area contributed by atoms with Gasteiger partial charge in [0.25, 0.3) is 0 Å². The zero-order valence-corrected chi connectivity index (χ0v) is 26.5. The van der Waals surface area contributed by atoms with E-state index in [-0.39, 0.29) is 5.41 Å². The van der Waals surface area contributed by atoms with E-state index in [4.69, 9.17) is 8.83 Å². The molecule has 0 radical (unpaired) electrons. The number of para-hydroxylation sites is 2. The molecule has 0 bridgehead atoms. The summed E-state index contributed by atoms with van der Waals surface area (Å²) in [4.78, 5) is 2.40. The average molecular weight is 606 g/mol. The Kier molecular flexibility index (Phi) is 5.27. The predicted octanol–water partition coefficient (Wildman–Crippen LogP) is 13.2. The molecule has 0 spiro atoms. The van der Waals surface area contributed by atoms with Crippen LogP contribution in [0.2, 0.25) is 0 Å². The van der Waals surface area contributed by atoms with Crippen LogP contribution in [0.3, 0.4) is 0 Å². The molecule has 0 aliphatic heterocycles. The van der Waals surface area contributed by atoms with Crippen molar-refractivity contribution in [2.24, 2.45) is 0 Å². The number of benzene rings is 8. The smallest absolute Gasteiger partial charge is 0.135 e. The number of hydrogen-bond donors (Lipinski definition) is 0. The first kappa shape index (κ1) is 26.4. The van der Waals surface area contributed by atoms with Crippen LogP contribution in [-0.4, -0.2) is 0 Å². The zero-order chi connectivity index (χ0) is 31.4. The molecule has 0 aliphatic rings. The molecule has 2 heterocycles. The lowest BCUT2D eigenvalue weighted by molar-refractivity contribution is 0.596. The van der Waals surface area contributed by atoms with Gasteiger partial charge in [0.1, 0.15) is 22.3 Å². The van der Waals surface area contributed by atoms with E-state index >= 15 is 0 Å². The molecule has 3 heteroatoms. The minimum atomic E-state index is 0.0305. The second kappa shape index (κ2) is 9.37. The zero-order valence-electron chi connectivity index (χ0n) is 26.5. The Balaban J connectivity index is 1.30. The Bertz CT molecular complexity index is 2730. The fourth-order valence-corrected chi connectivity index (χ4v) is 7.77. The second-order valence-corrected chi connectivity index (χ2v) is 13.8. The number of fused-ring (bicyclic) bond motifs is 6. The molecule has 47 heavy (non-hydrogen) atoms. The highest BCUT2D eigenvalue weighted by atomic mass is 16.3. The molecule has 10 rings (SSSR count). The fraction of sp³-hybridized carbons (Fsp3) is 0.0909. The normalized spacial score (nSPS) is 12.6. The lowest BCUT2D eigenvalue weighted by Gasteiger charge is -2.28. The molecule has 0 unspecified atom stereocenters. The Hall–Kier alpha value is -5.80. The summed E-state index contributed by atoms with van der Waals surface area (Å²) in [6.45, 7) is 6.91. The molecule has 0 saturated heterocycles. The summed E-state index contributed by atoms with van der Waals surface area (Å²) >= 11 is 0. The third-order valence-electron chi connectivity index (χ3n) is 9.93. The molecule has 0 atom stereocenters. The number of rotatable bonds is 3. The maximum atomic E-state index is 6.25. The first-order valence-electron chi connectivity index (χ1n) is 16.3. The van der Waals surface area contributed by atoms with Crippen molar-refractivity contribution in [1.29, 1.82) is 0 Å². The lowest BCUT2D eigenvalue weighted by Crippen LogP contribution is -2.12. The molecular formula is C44H31NO2. The minimum Gasteiger partial charge on any atom is -0.456 e. The van der Waals surface area contributed by atoms with Crippen LogP contribution in [0.4, 0.5) is 17.1 Å². The standard InChI is InChI=1S/C44H31NO2/c1-44(2,3)36-20-14-26-13-19-33-37(21-15-27-12-18-32(36)42(26)43(27)33)45(28-16-22-40-34(24-28)30-8-4-6-10-38(30)46-40)29-17-23-41-35(25-29)31-9-5-7-11-39(31)47-41/h4-25H,1-3H3. The minimum absolute atomic E-state index is 0.0305. The summed E-state index contributed by atoms with van der Waals surface area (Å²) < 4.78 is 12.5. The van der Waals surface area contributed by atoms with Crippen LogP contribution >= 0.6 is 0 Å². The lowest BCUT2D eigenvalue weighted by atomic mass is 9.81. The van der Waals surface area contributed by atoms with Crippen molar-refractivity contribution < 1.29 is 8.83 Å². The van der Waals surface area contributed by atoms with E-state index in [1.807, 2.05) is 24.3 Å². The van der Waals surface area contributed by atoms with Crippen molar-refractivity contribution in [2.45, 2.75) is 26.2 Å². The average Bonchev–Trinajstić information content (AvgIpc) is 3.65. The first-order chi connectivity index (χ1) is 22.9. The van der Waals surface area contributed by atoms with Crippen molar-refractivity contribution >= 4 is 93.3 Å². The molecule has 2 aromatic heterocycles. The summed E-state index contributed by atoms with van der Waals surface area (Å²) in [6.07, 6.45) is 0. The highest BCUT2D eigenvalue weighted by Gasteiger charge is 2.23. The summed E-state index contributed by atoms with van der Waals surface area (Å²) in [5, 5.41) is 12.1. The van der Waals surface area contributed by atoms with E-state index in [0.717, 1.165) is 60.9 Å². The number of furan rings is 2. The molecule has 0 saturated carbocycles. The van der Waals surface area contributed by atoms with E-state index in [1.54, 1.807) is 0 Å².